The number of benzene rings is 1. The maximum Gasteiger partial charge on any atom is 0.185 e. The van der Waals surface area contributed by atoms with Gasteiger partial charge in [-0.05, 0) is 11.5 Å². The fourth-order valence-corrected chi connectivity index (χ4v) is 1.47. The Kier molecular flexibility index (Phi) is 2.89. The van der Waals surface area contributed by atoms with Crippen LogP contribution >= 0.6 is 0 Å². The predicted octanol–water partition coefficient (Wildman–Crippen LogP) is -1.02. The maximum absolute atomic E-state index is 2.16. The molecule has 0 saturated carbocycles. The third-order valence-corrected chi connectivity index (χ3v) is 2.36. The van der Waals surface area contributed by atoms with Gasteiger partial charge < -0.3 is 12.4 Å². The van der Waals surface area contributed by atoms with Crippen molar-refractivity contribution in [3.05, 3.63) is 42.2 Å². The molecule has 2 heteroatoms. The van der Waals surface area contributed by atoms with Crippen LogP contribution in [0.2, 0.25) is 0 Å². The zero-order valence-corrected chi connectivity index (χ0v) is 8.55. The van der Waals surface area contributed by atoms with Crippen LogP contribution in [0.5, 0.6) is 0 Å². The minimum atomic E-state index is 0. The largest absolute Gasteiger partial charge is 1.00 e. The molecule has 0 fully saturated rings. The highest BCUT2D eigenvalue weighted by molar-refractivity contribution is 5.82. The Morgan fingerprint density at radius 1 is 1.08 bits per heavy atom. The third kappa shape index (κ3) is 1.65. The summed E-state index contributed by atoms with van der Waals surface area (Å²) in [5.41, 5.74) is 1.31. The van der Waals surface area contributed by atoms with Gasteiger partial charge >= 0.3 is 0 Å². The second-order valence-corrected chi connectivity index (χ2v) is 3.10. The summed E-state index contributed by atoms with van der Waals surface area (Å²) in [7, 11) is 2.07. The van der Waals surface area contributed by atoms with Crippen LogP contribution in [0.25, 0.3) is 10.8 Å². The highest BCUT2D eigenvalue weighted by atomic mass is 35.5. The molecule has 2 rings (SSSR count). The average Bonchev–Trinajstić information content (AvgIpc) is 2.12. The molecule has 0 amide bonds. The Hall–Kier alpha value is -1.08. The second kappa shape index (κ2) is 3.75. The van der Waals surface area contributed by atoms with E-state index >= 15 is 0 Å². The van der Waals surface area contributed by atoms with Gasteiger partial charge in [0, 0.05) is 18.4 Å². The lowest BCUT2D eigenvalue weighted by Crippen LogP contribution is -3.00. The molecule has 0 aliphatic rings. The number of pyridine rings is 1. The molecule has 0 spiro atoms. The molecule has 68 valence electrons. The molecule has 1 heterocycles. The Bertz CT molecular complexity index is 423. The normalized spacial score (nSPS) is 9.69. The summed E-state index contributed by atoms with van der Waals surface area (Å²) in [5.74, 6) is 0. The van der Waals surface area contributed by atoms with Gasteiger partial charge in [0.05, 0.1) is 0 Å². The molecule has 13 heavy (non-hydrogen) atoms. The van der Waals surface area contributed by atoms with Crippen LogP contribution in [-0.4, -0.2) is 0 Å². The number of hydrogen-bond donors (Lipinski definition) is 0. The van der Waals surface area contributed by atoms with E-state index in [1.807, 2.05) is 0 Å². The molecule has 0 aliphatic carbocycles. The lowest BCUT2D eigenvalue weighted by Gasteiger charge is -1.98. The van der Waals surface area contributed by atoms with E-state index in [-0.39, 0.29) is 12.4 Å². The van der Waals surface area contributed by atoms with E-state index in [1.54, 1.807) is 0 Å². The van der Waals surface area contributed by atoms with Crippen molar-refractivity contribution in [3.8, 4) is 0 Å². The van der Waals surface area contributed by atoms with Gasteiger partial charge in [-0.15, -0.1) is 0 Å². The van der Waals surface area contributed by atoms with Crippen molar-refractivity contribution in [1.82, 2.24) is 0 Å². The van der Waals surface area contributed by atoms with E-state index in [0.29, 0.717) is 0 Å². The molecule has 0 N–H and O–H groups in total. The van der Waals surface area contributed by atoms with Crippen LogP contribution in [0.15, 0.2) is 36.5 Å². The highest BCUT2D eigenvalue weighted by Crippen LogP contribution is 2.13. The smallest absolute Gasteiger partial charge is 0.185 e. The van der Waals surface area contributed by atoms with Crippen molar-refractivity contribution in [2.75, 3.05) is 0 Å². The molecule has 2 aromatic rings. The minimum Gasteiger partial charge on any atom is -1.00 e. The third-order valence-electron chi connectivity index (χ3n) is 2.36. The Morgan fingerprint density at radius 3 is 2.54 bits per heavy atom. The first-order valence-electron chi connectivity index (χ1n) is 4.13. The lowest BCUT2D eigenvalue weighted by molar-refractivity contribution is -0.676. The summed E-state index contributed by atoms with van der Waals surface area (Å²) in [4.78, 5) is 0. The zero-order chi connectivity index (χ0) is 8.55. The number of nitrogens with zero attached hydrogens (tertiary/aromatic N) is 1. The highest BCUT2D eigenvalue weighted by Gasteiger charge is 2.04. The van der Waals surface area contributed by atoms with Gasteiger partial charge in [-0.25, -0.2) is 4.57 Å². The van der Waals surface area contributed by atoms with Gasteiger partial charge in [-0.3, -0.25) is 0 Å². The van der Waals surface area contributed by atoms with Crippen molar-refractivity contribution in [3.63, 3.8) is 0 Å². The van der Waals surface area contributed by atoms with Crippen molar-refractivity contribution in [2.45, 2.75) is 6.92 Å². The quantitative estimate of drug-likeness (QED) is 0.472. The van der Waals surface area contributed by atoms with E-state index in [2.05, 4.69) is 55.1 Å². The molecule has 0 unspecified atom stereocenters. The van der Waals surface area contributed by atoms with E-state index in [1.165, 1.54) is 16.5 Å². The molecule has 0 radical (unpaired) electrons. The fourth-order valence-electron chi connectivity index (χ4n) is 1.47. The maximum atomic E-state index is 2.16. The molecule has 0 saturated heterocycles. The molecule has 0 atom stereocenters. The monoisotopic (exact) mass is 193 g/mol. The molecule has 1 aromatic carbocycles. The number of aromatic nitrogens is 1. The van der Waals surface area contributed by atoms with Crippen molar-refractivity contribution in [1.29, 1.82) is 0 Å². The van der Waals surface area contributed by atoms with Crippen molar-refractivity contribution < 1.29 is 17.0 Å². The summed E-state index contributed by atoms with van der Waals surface area (Å²) in [6.07, 6.45) is 2.09. The lowest BCUT2D eigenvalue weighted by atomic mass is 10.1. The molecule has 0 aliphatic heterocycles. The van der Waals surface area contributed by atoms with Gasteiger partial charge in [-0.2, -0.15) is 0 Å². The van der Waals surface area contributed by atoms with E-state index < -0.39 is 0 Å². The summed E-state index contributed by atoms with van der Waals surface area (Å²) < 4.78 is 2.14. The predicted molar refractivity (Wildman–Crippen MR) is 49.9 cm³/mol. The van der Waals surface area contributed by atoms with Crippen LogP contribution in [-0.2, 0) is 7.05 Å². The number of fused-ring (bicyclic) bond motifs is 1. The van der Waals surface area contributed by atoms with E-state index in [9.17, 15) is 0 Å². The second-order valence-electron chi connectivity index (χ2n) is 3.10. The first-order chi connectivity index (χ1) is 5.79. The van der Waals surface area contributed by atoms with E-state index in [0.717, 1.165) is 0 Å². The molecule has 1 aromatic heterocycles. The number of halogens is 1. The SMILES string of the molecule is Cc1c2ccccc2cc[n+]1C.[Cl-]. The van der Waals surface area contributed by atoms with Gasteiger partial charge in [0.15, 0.2) is 11.9 Å². The average molecular weight is 194 g/mol. The molecular weight excluding hydrogens is 182 g/mol. The number of rotatable bonds is 0. The fraction of sp³-hybridized carbons (Fsp3) is 0.182. The first kappa shape index (κ1) is 10.0. The topological polar surface area (TPSA) is 3.88 Å². The summed E-state index contributed by atoms with van der Waals surface area (Å²) >= 11 is 0. The minimum absolute atomic E-state index is 0. The van der Waals surface area contributed by atoms with Gasteiger partial charge in [0.2, 0.25) is 0 Å². The molecule has 1 nitrogen and oxygen atoms in total. The van der Waals surface area contributed by atoms with Crippen LogP contribution in [0.3, 0.4) is 0 Å². The zero-order valence-electron chi connectivity index (χ0n) is 7.79. The summed E-state index contributed by atoms with van der Waals surface area (Å²) in [5, 5.41) is 2.65. The van der Waals surface area contributed by atoms with Crippen LogP contribution in [0.1, 0.15) is 5.69 Å². The van der Waals surface area contributed by atoms with Gasteiger partial charge in [-0.1, -0.05) is 18.2 Å². The van der Waals surface area contributed by atoms with E-state index in [4.69, 9.17) is 0 Å². The number of hydrogen-bond acceptors (Lipinski definition) is 0. The van der Waals surface area contributed by atoms with Crippen molar-refractivity contribution >= 4 is 10.8 Å². The van der Waals surface area contributed by atoms with Crippen LogP contribution in [0, 0.1) is 6.92 Å². The standard InChI is InChI=1S/C11H12N.ClH/c1-9-11-6-4-3-5-10(11)7-8-12(9)2;/h3-8H,1-2H3;1H/q+1;/p-1. The van der Waals surface area contributed by atoms with Crippen LogP contribution < -0.4 is 17.0 Å². The molecular formula is C11H12ClN. The Labute approximate surface area is 84.4 Å². The van der Waals surface area contributed by atoms with Crippen molar-refractivity contribution in [2.24, 2.45) is 7.05 Å². The summed E-state index contributed by atoms with van der Waals surface area (Å²) in [6.45, 7) is 2.14. The molecule has 0 bridgehead atoms. The number of aryl methyl sites for hydroxylation is 2. The van der Waals surface area contributed by atoms with Crippen LogP contribution in [0.4, 0.5) is 0 Å². The van der Waals surface area contributed by atoms with Gasteiger partial charge in [0.25, 0.3) is 0 Å². The first-order valence-corrected chi connectivity index (χ1v) is 4.13. The Morgan fingerprint density at radius 2 is 1.77 bits per heavy atom. The van der Waals surface area contributed by atoms with Gasteiger partial charge in [0.1, 0.15) is 7.05 Å². The summed E-state index contributed by atoms with van der Waals surface area (Å²) in [6, 6.07) is 10.6. The Balaban J connectivity index is 0.000000845.